The zero-order valence-corrected chi connectivity index (χ0v) is 11.3. The van der Waals surface area contributed by atoms with E-state index in [2.05, 4.69) is 20.9 Å². The van der Waals surface area contributed by atoms with Gasteiger partial charge >= 0.3 is 0 Å². The van der Waals surface area contributed by atoms with Gasteiger partial charge < -0.3 is 16.0 Å². The van der Waals surface area contributed by atoms with E-state index in [0.717, 1.165) is 18.9 Å². The molecule has 0 aromatic carbocycles. The van der Waals surface area contributed by atoms with Crippen molar-refractivity contribution in [1.29, 1.82) is 0 Å². The van der Waals surface area contributed by atoms with Crippen LogP contribution in [0, 0.1) is 11.6 Å². The van der Waals surface area contributed by atoms with Gasteiger partial charge in [0.05, 0.1) is 0 Å². The third-order valence-corrected chi connectivity index (χ3v) is 2.86. The number of hydrogen-bond donors (Lipinski definition) is 3. The highest BCUT2D eigenvalue weighted by atomic mass is 19.1. The minimum Gasteiger partial charge on any atom is -0.368 e. The smallest absolute Gasteiger partial charge is 0.221 e. The molecule has 110 valence electrons. The molecule has 5 nitrogen and oxygen atoms in total. The fraction of sp³-hybridized carbons (Fsp3) is 0.538. The van der Waals surface area contributed by atoms with Crippen LogP contribution in [0.25, 0.3) is 0 Å². The van der Waals surface area contributed by atoms with Crippen molar-refractivity contribution in [2.24, 2.45) is 0 Å². The molecule has 1 aliphatic carbocycles. The lowest BCUT2D eigenvalue weighted by atomic mass is 10.3. The summed E-state index contributed by atoms with van der Waals surface area (Å²) in [5.41, 5.74) is 0. The van der Waals surface area contributed by atoms with E-state index in [1.807, 2.05) is 0 Å². The van der Waals surface area contributed by atoms with Gasteiger partial charge in [0, 0.05) is 31.6 Å². The van der Waals surface area contributed by atoms with Gasteiger partial charge in [0.25, 0.3) is 0 Å². The van der Waals surface area contributed by atoms with E-state index in [9.17, 15) is 13.6 Å². The summed E-state index contributed by atoms with van der Waals surface area (Å²) in [6.45, 7) is 2.53. The van der Waals surface area contributed by atoms with E-state index >= 15 is 0 Å². The highest BCUT2D eigenvalue weighted by Crippen LogP contribution is 2.20. The van der Waals surface area contributed by atoms with Crippen LogP contribution in [0.2, 0.25) is 0 Å². The average molecular weight is 284 g/mol. The highest BCUT2D eigenvalue weighted by molar-refractivity contribution is 5.77. The van der Waals surface area contributed by atoms with Gasteiger partial charge in [-0.25, -0.2) is 13.8 Å². The summed E-state index contributed by atoms with van der Waals surface area (Å²) in [5, 5.41) is 8.24. The number of hydrogen-bond acceptors (Lipinski definition) is 4. The van der Waals surface area contributed by atoms with Crippen molar-refractivity contribution in [2.75, 3.05) is 23.7 Å². The Labute approximate surface area is 116 Å². The summed E-state index contributed by atoms with van der Waals surface area (Å²) in [4.78, 5) is 15.3. The lowest BCUT2D eigenvalue weighted by molar-refractivity contribution is -0.120. The number of carbonyl (C=O) groups excluding carboxylic acids is 1. The van der Waals surface area contributed by atoms with E-state index in [-0.39, 0.29) is 30.5 Å². The number of amides is 1. The molecule has 0 atom stereocenters. The molecule has 1 heterocycles. The Bertz CT molecular complexity index is 492. The molecule has 1 aliphatic rings. The fourth-order valence-electron chi connectivity index (χ4n) is 1.70. The third-order valence-electron chi connectivity index (χ3n) is 2.86. The number of aromatic nitrogens is 1. The number of carbonyl (C=O) groups is 1. The first kappa shape index (κ1) is 14.5. The van der Waals surface area contributed by atoms with Crippen molar-refractivity contribution in [2.45, 2.75) is 32.2 Å². The van der Waals surface area contributed by atoms with Crippen LogP contribution in [0.5, 0.6) is 0 Å². The second-order valence-electron chi connectivity index (χ2n) is 4.70. The summed E-state index contributed by atoms with van der Waals surface area (Å²) >= 11 is 0. The van der Waals surface area contributed by atoms with Crippen LogP contribution in [-0.4, -0.2) is 30.0 Å². The zero-order valence-electron chi connectivity index (χ0n) is 11.3. The second kappa shape index (κ2) is 6.49. The van der Waals surface area contributed by atoms with Crippen molar-refractivity contribution in [1.82, 2.24) is 10.3 Å². The van der Waals surface area contributed by atoms with Gasteiger partial charge in [0.15, 0.2) is 23.3 Å². The van der Waals surface area contributed by atoms with E-state index in [0.29, 0.717) is 12.6 Å². The second-order valence-corrected chi connectivity index (χ2v) is 4.70. The molecule has 1 aromatic heterocycles. The minimum absolute atomic E-state index is 0.00108. The molecule has 1 aromatic rings. The standard InChI is InChI=1S/C13H18F2N4O/c1-2-16-12-9(14)7-10(15)13(19-12)17-6-5-11(20)18-8-3-4-8/h7-8H,2-6H2,1H3,(H,18,20)(H2,16,17,19). The molecule has 0 aliphatic heterocycles. The minimum atomic E-state index is -0.772. The monoisotopic (exact) mass is 284 g/mol. The maximum Gasteiger partial charge on any atom is 0.221 e. The molecule has 3 N–H and O–H groups in total. The summed E-state index contributed by atoms with van der Waals surface area (Å²) in [7, 11) is 0. The lowest BCUT2D eigenvalue weighted by Gasteiger charge is -2.10. The first-order valence-corrected chi connectivity index (χ1v) is 6.73. The molecular formula is C13H18F2N4O. The van der Waals surface area contributed by atoms with Gasteiger partial charge in [-0.2, -0.15) is 0 Å². The molecule has 0 unspecified atom stereocenters. The Kier molecular flexibility index (Phi) is 4.70. The van der Waals surface area contributed by atoms with Crippen molar-refractivity contribution in [3.05, 3.63) is 17.7 Å². The van der Waals surface area contributed by atoms with Crippen LogP contribution < -0.4 is 16.0 Å². The predicted octanol–water partition coefficient (Wildman–Crippen LogP) is 1.87. The molecular weight excluding hydrogens is 266 g/mol. The molecule has 0 spiro atoms. The van der Waals surface area contributed by atoms with Crippen LogP contribution >= 0.6 is 0 Å². The molecule has 1 fully saturated rings. The van der Waals surface area contributed by atoms with Gasteiger partial charge in [-0.3, -0.25) is 4.79 Å². The van der Waals surface area contributed by atoms with Crippen LogP contribution in [0.3, 0.4) is 0 Å². The van der Waals surface area contributed by atoms with Gasteiger partial charge in [0.1, 0.15) is 0 Å². The maximum absolute atomic E-state index is 13.5. The first-order chi connectivity index (χ1) is 9.60. The normalized spacial score (nSPS) is 13.9. The van der Waals surface area contributed by atoms with Crippen LogP contribution in [0.15, 0.2) is 6.07 Å². The van der Waals surface area contributed by atoms with Crippen molar-refractivity contribution in [3.8, 4) is 0 Å². The molecule has 0 radical (unpaired) electrons. The van der Waals surface area contributed by atoms with Gasteiger partial charge in [-0.1, -0.05) is 0 Å². The lowest BCUT2D eigenvalue weighted by Crippen LogP contribution is -2.27. The van der Waals surface area contributed by atoms with Gasteiger partial charge in [-0.15, -0.1) is 0 Å². The number of halogens is 2. The van der Waals surface area contributed by atoms with Crippen molar-refractivity contribution in [3.63, 3.8) is 0 Å². The number of nitrogens with one attached hydrogen (secondary N) is 3. The van der Waals surface area contributed by atoms with Gasteiger partial charge in [-0.05, 0) is 19.8 Å². The Hall–Kier alpha value is -1.92. The number of rotatable bonds is 7. The third kappa shape index (κ3) is 4.04. The summed E-state index contributed by atoms with van der Waals surface area (Å²) < 4.78 is 26.9. The molecule has 0 saturated heterocycles. The van der Waals surface area contributed by atoms with Crippen LogP contribution in [0.4, 0.5) is 20.4 Å². The van der Waals surface area contributed by atoms with Crippen LogP contribution in [-0.2, 0) is 4.79 Å². The van der Waals surface area contributed by atoms with E-state index < -0.39 is 11.6 Å². The summed E-state index contributed by atoms with van der Waals surface area (Å²) in [6.07, 6.45) is 2.28. The Balaban J connectivity index is 1.87. The highest BCUT2D eigenvalue weighted by Gasteiger charge is 2.22. The molecule has 20 heavy (non-hydrogen) atoms. The van der Waals surface area contributed by atoms with Crippen LogP contribution in [0.1, 0.15) is 26.2 Å². The summed E-state index contributed by atoms with van der Waals surface area (Å²) in [5.74, 6) is -1.64. The molecule has 0 bridgehead atoms. The Morgan fingerprint density at radius 1 is 1.30 bits per heavy atom. The number of anilines is 2. The molecule has 7 heteroatoms. The molecule has 1 amide bonds. The Morgan fingerprint density at radius 2 is 1.95 bits per heavy atom. The predicted molar refractivity (Wildman–Crippen MR) is 72.6 cm³/mol. The van der Waals surface area contributed by atoms with E-state index in [1.54, 1.807) is 6.92 Å². The fourth-order valence-corrected chi connectivity index (χ4v) is 1.70. The zero-order chi connectivity index (χ0) is 14.5. The van der Waals surface area contributed by atoms with Crippen molar-refractivity contribution < 1.29 is 13.6 Å². The Morgan fingerprint density at radius 3 is 2.55 bits per heavy atom. The van der Waals surface area contributed by atoms with E-state index in [1.165, 1.54) is 0 Å². The quantitative estimate of drug-likeness (QED) is 0.715. The van der Waals surface area contributed by atoms with Gasteiger partial charge in [0.2, 0.25) is 5.91 Å². The average Bonchev–Trinajstić information content (AvgIpc) is 3.18. The SMILES string of the molecule is CCNc1nc(NCCC(=O)NC2CC2)c(F)cc1F. The first-order valence-electron chi connectivity index (χ1n) is 6.73. The van der Waals surface area contributed by atoms with E-state index in [4.69, 9.17) is 0 Å². The largest absolute Gasteiger partial charge is 0.368 e. The molecule has 2 rings (SSSR count). The van der Waals surface area contributed by atoms with Crippen molar-refractivity contribution >= 4 is 17.5 Å². The summed E-state index contributed by atoms with van der Waals surface area (Å²) in [6, 6.07) is 1.08. The number of nitrogens with zero attached hydrogens (tertiary/aromatic N) is 1. The number of pyridine rings is 1. The topological polar surface area (TPSA) is 66.0 Å². The molecule has 1 saturated carbocycles. The maximum atomic E-state index is 13.5.